The molecule has 0 saturated carbocycles. The van der Waals surface area contributed by atoms with E-state index >= 15 is 0 Å². The lowest BCUT2D eigenvalue weighted by atomic mass is 10.1. The van der Waals surface area contributed by atoms with E-state index in [0.717, 1.165) is 5.56 Å². The molecule has 0 aliphatic carbocycles. The summed E-state index contributed by atoms with van der Waals surface area (Å²) in [5, 5.41) is 10.3. The minimum Gasteiger partial charge on any atom is -0.488 e. The monoisotopic (exact) mass is 378 g/mol. The van der Waals surface area contributed by atoms with E-state index in [1.54, 1.807) is 25.1 Å². The minimum absolute atomic E-state index is 0.280. The Labute approximate surface area is 144 Å². The Hall–Kier alpha value is -1.85. The molecule has 1 atom stereocenters. The highest BCUT2D eigenvalue weighted by molar-refractivity contribution is 9.09. The number of carbonyl (C=O) groups excluding carboxylic acids is 1. The van der Waals surface area contributed by atoms with Crippen LogP contribution in [0.3, 0.4) is 0 Å². The molecule has 5 heteroatoms. The third kappa shape index (κ3) is 4.81. The van der Waals surface area contributed by atoms with Gasteiger partial charge in [-0.2, -0.15) is 0 Å². The molecular formula is C18H19BrO4. The molecule has 0 aliphatic rings. The van der Waals surface area contributed by atoms with Crippen LogP contribution in [0.5, 0.6) is 5.75 Å². The molecule has 0 amide bonds. The van der Waals surface area contributed by atoms with Crippen molar-refractivity contribution in [1.82, 2.24) is 0 Å². The van der Waals surface area contributed by atoms with Crippen LogP contribution < -0.4 is 4.74 Å². The van der Waals surface area contributed by atoms with Crippen LogP contribution in [-0.4, -0.2) is 23.0 Å². The van der Waals surface area contributed by atoms with Crippen LogP contribution in [0.1, 0.15) is 34.5 Å². The van der Waals surface area contributed by atoms with Crippen molar-refractivity contribution in [2.24, 2.45) is 0 Å². The van der Waals surface area contributed by atoms with Crippen molar-refractivity contribution in [3.05, 3.63) is 65.2 Å². The van der Waals surface area contributed by atoms with Gasteiger partial charge in [0.15, 0.2) is 0 Å². The molecule has 0 aliphatic heterocycles. The smallest absolute Gasteiger partial charge is 0.341 e. The first kappa shape index (κ1) is 17.5. The first-order valence-corrected chi connectivity index (χ1v) is 8.49. The Balaban J connectivity index is 2.24. The molecule has 0 heterocycles. The van der Waals surface area contributed by atoms with Crippen LogP contribution in [0.2, 0.25) is 0 Å². The highest BCUT2D eigenvalue weighted by Gasteiger charge is 2.17. The number of halogens is 1. The average Bonchev–Trinajstić information content (AvgIpc) is 2.60. The summed E-state index contributed by atoms with van der Waals surface area (Å²) >= 11 is 3.23. The van der Waals surface area contributed by atoms with Crippen LogP contribution >= 0.6 is 15.9 Å². The molecule has 0 fully saturated rings. The highest BCUT2D eigenvalue weighted by atomic mass is 79.9. The van der Waals surface area contributed by atoms with Crippen LogP contribution in [0.25, 0.3) is 0 Å². The first-order chi connectivity index (χ1) is 11.2. The van der Waals surface area contributed by atoms with Crippen LogP contribution in [0.15, 0.2) is 48.5 Å². The number of rotatable bonds is 7. The average molecular weight is 379 g/mol. The number of benzene rings is 2. The van der Waals surface area contributed by atoms with E-state index in [1.807, 2.05) is 30.3 Å². The summed E-state index contributed by atoms with van der Waals surface area (Å²) in [4.78, 5) is 12.1. The van der Waals surface area contributed by atoms with E-state index in [2.05, 4.69) is 15.9 Å². The fraction of sp³-hybridized carbons (Fsp3) is 0.278. The van der Waals surface area contributed by atoms with Gasteiger partial charge >= 0.3 is 5.97 Å². The molecule has 0 radical (unpaired) electrons. The highest BCUT2D eigenvalue weighted by Crippen LogP contribution is 2.26. The van der Waals surface area contributed by atoms with E-state index in [1.165, 1.54) is 0 Å². The van der Waals surface area contributed by atoms with Crippen molar-refractivity contribution in [2.45, 2.75) is 19.6 Å². The lowest BCUT2D eigenvalue weighted by molar-refractivity contribution is 0.0521. The number of aliphatic hydroxyl groups excluding tert-OH is 1. The molecular weight excluding hydrogens is 360 g/mol. The SMILES string of the molecule is CCOC(=O)c1cc(C(O)CBr)ccc1OCc1ccccc1. The second kappa shape index (κ2) is 8.70. The number of alkyl halides is 1. The second-order valence-electron chi connectivity index (χ2n) is 4.92. The maximum atomic E-state index is 12.1. The number of carbonyl (C=O) groups is 1. The molecule has 0 bridgehead atoms. The van der Waals surface area contributed by atoms with Gasteiger partial charge in [0.05, 0.1) is 12.7 Å². The molecule has 1 N–H and O–H groups in total. The van der Waals surface area contributed by atoms with E-state index in [4.69, 9.17) is 9.47 Å². The third-order valence-corrected chi connectivity index (χ3v) is 3.88. The van der Waals surface area contributed by atoms with E-state index < -0.39 is 12.1 Å². The molecule has 2 aromatic rings. The Kier molecular flexibility index (Phi) is 6.62. The van der Waals surface area contributed by atoms with Crippen molar-refractivity contribution in [2.75, 3.05) is 11.9 Å². The summed E-state index contributed by atoms with van der Waals surface area (Å²) in [6.45, 7) is 2.38. The van der Waals surface area contributed by atoms with Gasteiger partial charge in [0, 0.05) is 5.33 Å². The number of hydrogen-bond acceptors (Lipinski definition) is 4. The largest absolute Gasteiger partial charge is 0.488 e. The Morgan fingerprint density at radius 3 is 2.61 bits per heavy atom. The summed E-state index contributed by atoms with van der Waals surface area (Å²) < 4.78 is 10.8. The molecule has 2 rings (SSSR count). The summed E-state index contributed by atoms with van der Waals surface area (Å²) in [6, 6.07) is 14.8. The molecule has 122 valence electrons. The summed E-state index contributed by atoms with van der Waals surface area (Å²) in [6.07, 6.45) is -0.689. The molecule has 1 unspecified atom stereocenters. The van der Waals surface area contributed by atoms with Gasteiger partial charge in [-0.25, -0.2) is 4.79 Å². The predicted octanol–water partition coefficient (Wildman–Crippen LogP) is 3.87. The lowest BCUT2D eigenvalue weighted by Gasteiger charge is -2.14. The number of esters is 1. The molecule has 0 saturated heterocycles. The van der Waals surface area contributed by atoms with Gasteiger partial charge < -0.3 is 14.6 Å². The third-order valence-electron chi connectivity index (χ3n) is 3.27. The normalized spacial score (nSPS) is 11.8. The predicted molar refractivity (Wildman–Crippen MR) is 91.9 cm³/mol. The Bertz CT molecular complexity index is 643. The Morgan fingerprint density at radius 2 is 1.96 bits per heavy atom. The summed E-state index contributed by atoms with van der Waals surface area (Å²) in [5.74, 6) is -0.0167. The molecule has 0 spiro atoms. The summed E-state index contributed by atoms with van der Waals surface area (Å²) in [7, 11) is 0. The number of aliphatic hydroxyl groups is 1. The minimum atomic E-state index is -0.689. The van der Waals surface area contributed by atoms with Gasteiger partial charge in [-0.05, 0) is 30.2 Å². The van der Waals surface area contributed by atoms with E-state index in [0.29, 0.717) is 28.8 Å². The zero-order chi connectivity index (χ0) is 16.7. The fourth-order valence-electron chi connectivity index (χ4n) is 2.07. The van der Waals surface area contributed by atoms with Crippen molar-refractivity contribution in [1.29, 1.82) is 0 Å². The van der Waals surface area contributed by atoms with E-state index in [-0.39, 0.29) is 6.61 Å². The summed E-state index contributed by atoms with van der Waals surface area (Å²) in [5.41, 5.74) is 1.96. The van der Waals surface area contributed by atoms with Crippen molar-refractivity contribution < 1.29 is 19.4 Å². The van der Waals surface area contributed by atoms with Crippen molar-refractivity contribution >= 4 is 21.9 Å². The van der Waals surface area contributed by atoms with Gasteiger partial charge in [0.2, 0.25) is 0 Å². The molecule has 23 heavy (non-hydrogen) atoms. The zero-order valence-electron chi connectivity index (χ0n) is 12.9. The molecule has 4 nitrogen and oxygen atoms in total. The van der Waals surface area contributed by atoms with Crippen LogP contribution in [0, 0.1) is 0 Å². The molecule has 0 aromatic heterocycles. The molecule has 2 aromatic carbocycles. The topological polar surface area (TPSA) is 55.8 Å². The van der Waals surface area contributed by atoms with Crippen LogP contribution in [0.4, 0.5) is 0 Å². The second-order valence-corrected chi connectivity index (χ2v) is 5.57. The van der Waals surface area contributed by atoms with E-state index in [9.17, 15) is 9.90 Å². The quantitative estimate of drug-likeness (QED) is 0.586. The van der Waals surface area contributed by atoms with Gasteiger partial charge in [-0.1, -0.05) is 52.3 Å². The lowest BCUT2D eigenvalue weighted by Crippen LogP contribution is -2.10. The van der Waals surface area contributed by atoms with Gasteiger partial charge in [-0.3, -0.25) is 0 Å². The van der Waals surface area contributed by atoms with Crippen LogP contribution in [-0.2, 0) is 11.3 Å². The van der Waals surface area contributed by atoms with Gasteiger partial charge in [0.1, 0.15) is 17.9 Å². The first-order valence-electron chi connectivity index (χ1n) is 7.37. The number of hydrogen-bond donors (Lipinski definition) is 1. The van der Waals surface area contributed by atoms with Gasteiger partial charge in [0.25, 0.3) is 0 Å². The Morgan fingerprint density at radius 1 is 1.22 bits per heavy atom. The fourth-order valence-corrected chi connectivity index (χ4v) is 2.45. The zero-order valence-corrected chi connectivity index (χ0v) is 14.5. The standard InChI is InChI=1S/C18H19BrO4/c1-2-22-18(21)15-10-14(16(20)11-19)8-9-17(15)23-12-13-6-4-3-5-7-13/h3-10,16,20H,2,11-12H2,1H3. The van der Waals surface area contributed by atoms with Crippen molar-refractivity contribution in [3.63, 3.8) is 0 Å². The van der Waals surface area contributed by atoms with Crippen molar-refractivity contribution in [3.8, 4) is 5.75 Å². The van der Waals surface area contributed by atoms with Gasteiger partial charge in [-0.15, -0.1) is 0 Å². The number of ether oxygens (including phenoxy) is 2. The maximum Gasteiger partial charge on any atom is 0.341 e. The maximum absolute atomic E-state index is 12.1.